The second-order valence-electron chi connectivity index (χ2n) is 8.39. The zero-order valence-corrected chi connectivity index (χ0v) is 22.1. The highest BCUT2D eigenvalue weighted by molar-refractivity contribution is 9.10. The Kier molecular flexibility index (Phi) is 7.98. The van der Waals surface area contributed by atoms with E-state index in [2.05, 4.69) is 21.0 Å². The first kappa shape index (κ1) is 26.0. The molecule has 1 heterocycles. The molecule has 37 heavy (non-hydrogen) atoms. The van der Waals surface area contributed by atoms with Crippen LogP contribution in [0.25, 0.3) is 10.9 Å². The van der Waals surface area contributed by atoms with Gasteiger partial charge in [0.05, 0.1) is 29.2 Å². The lowest BCUT2D eigenvalue weighted by molar-refractivity contribution is -0.384. The Morgan fingerprint density at radius 2 is 1.95 bits per heavy atom. The van der Waals surface area contributed by atoms with Crippen LogP contribution in [0.4, 0.5) is 5.69 Å². The minimum atomic E-state index is -0.449. The zero-order valence-electron chi connectivity index (χ0n) is 20.6. The maximum atomic E-state index is 13.4. The van der Waals surface area contributed by atoms with Crippen LogP contribution in [0, 0.1) is 10.1 Å². The lowest BCUT2D eigenvalue weighted by atomic mass is 10.1. The van der Waals surface area contributed by atoms with E-state index in [-0.39, 0.29) is 23.8 Å². The Morgan fingerprint density at radius 1 is 1.19 bits per heavy atom. The van der Waals surface area contributed by atoms with E-state index in [0.717, 1.165) is 16.5 Å². The summed E-state index contributed by atoms with van der Waals surface area (Å²) >= 11 is 3.42. The van der Waals surface area contributed by atoms with E-state index in [1.165, 1.54) is 23.9 Å². The molecule has 0 aliphatic carbocycles. The fraction of sp³-hybridized carbons (Fsp3) is 0.222. The lowest BCUT2D eigenvalue weighted by Gasteiger charge is -2.15. The van der Waals surface area contributed by atoms with Crippen molar-refractivity contribution in [3.8, 4) is 11.5 Å². The topological polar surface area (TPSA) is 109 Å². The largest absolute Gasteiger partial charge is 0.493 e. The lowest BCUT2D eigenvalue weighted by Crippen LogP contribution is -2.23. The van der Waals surface area contributed by atoms with Gasteiger partial charge in [-0.15, -0.1) is 0 Å². The van der Waals surface area contributed by atoms with Crippen LogP contribution in [0.1, 0.15) is 43.1 Å². The molecule has 10 heteroatoms. The number of para-hydroxylation sites is 1. The molecule has 1 atom stereocenters. The molecule has 9 nitrogen and oxygen atoms in total. The maximum Gasteiger partial charge on any atom is 0.282 e. The van der Waals surface area contributed by atoms with E-state index in [1.54, 1.807) is 42.6 Å². The number of halogens is 1. The number of nitro groups is 1. The predicted octanol–water partition coefficient (Wildman–Crippen LogP) is 6.05. The quantitative estimate of drug-likeness (QED) is 0.139. The van der Waals surface area contributed by atoms with Gasteiger partial charge in [-0.1, -0.05) is 35.8 Å². The van der Waals surface area contributed by atoms with Crippen LogP contribution in [-0.4, -0.2) is 27.9 Å². The van der Waals surface area contributed by atoms with Crippen LogP contribution in [0.2, 0.25) is 0 Å². The summed E-state index contributed by atoms with van der Waals surface area (Å²) in [6.45, 7) is 4.19. The number of hydrogen-bond donors (Lipinski definition) is 0. The first-order chi connectivity index (χ1) is 17.8. The number of rotatable bonds is 9. The minimum Gasteiger partial charge on any atom is -0.493 e. The van der Waals surface area contributed by atoms with Gasteiger partial charge < -0.3 is 9.47 Å². The summed E-state index contributed by atoms with van der Waals surface area (Å²) in [6.07, 6.45) is 2.33. The van der Waals surface area contributed by atoms with Crippen LogP contribution in [-0.2, 0) is 6.61 Å². The molecule has 0 unspecified atom stereocenters. The summed E-state index contributed by atoms with van der Waals surface area (Å²) in [4.78, 5) is 28.6. The SMILES string of the molecule is CC[C@H](C)c1nc2ccc(Br)cc2c(=O)n1N=Cc1cccc(OC)c1OCc1ccc([N+](=O)[O-])cc1. The second-order valence-corrected chi connectivity index (χ2v) is 9.31. The number of hydrogen-bond acceptors (Lipinski definition) is 7. The molecule has 3 aromatic carbocycles. The molecule has 0 N–H and O–H groups in total. The minimum absolute atomic E-state index is 0.000985. The summed E-state index contributed by atoms with van der Waals surface area (Å²) in [5.74, 6) is 1.48. The van der Waals surface area contributed by atoms with Crippen molar-refractivity contribution in [3.05, 3.63) is 103 Å². The van der Waals surface area contributed by atoms with Gasteiger partial charge in [0, 0.05) is 28.1 Å². The molecule has 0 amide bonds. The van der Waals surface area contributed by atoms with E-state index >= 15 is 0 Å². The van der Waals surface area contributed by atoms with Gasteiger partial charge in [0.15, 0.2) is 11.5 Å². The van der Waals surface area contributed by atoms with Crippen molar-refractivity contribution in [2.45, 2.75) is 32.8 Å². The second kappa shape index (κ2) is 11.3. The van der Waals surface area contributed by atoms with Crippen LogP contribution >= 0.6 is 15.9 Å². The highest BCUT2D eigenvalue weighted by Crippen LogP contribution is 2.31. The molecule has 4 rings (SSSR count). The number of ether oxygens (including phenoxy) is 2. The molecular formula is C27H25BrN4O5. The number of nitrogens with zero attached hydrogens (tertiary/aromatic N) is 4. The Balaban J connectivity index is 1.73. The summed E-state index contributed by atoms with van der Waals surface area (Å²) in [5.41, 5.74) is 1.70. The number of methoxy groups -OCH3 is 1. The van der Waals surface area contributed by atoms with Crippen molar-refractivity contribution in [2.24, 2.45) is 5.10 Å². The molecule has 0 fully saturated rings. The molecule has 0 saturated carbocycles. The third-order valence-electron chi connectivity index (χ3n) is 5.96. The van der Waals surface area contributed by atoms with Crippen molar-refractivity contribution in [3.63, 3.8) is 0 Å². The van der Waals surface area contributed by atoms with E-state index in [9.17, 15) is 14.9 Å². The van der Waals surface area contributed by atoms with Gasteiger partial charge in [0.2, 0.25) is 0 Å². The van der Waals surface area contributed by atoms with Gasteiger partial charge in [0.1, 0.15) is 12.4 Å². The molecule has 0 spiro atoms. The number of aromatic nitrogens is 2. The standard InChI is InChI=1S/C27H25BrN4O5/c1-4-17(2)26-30-23-13-10-20(28)14-22(23)27(33)31(26)29-15-19-6-5-7-24(36-3)25(19)37-16-18-8-11-21(12-9-18)32(34)35/h5-15,17H,4,16H2,1-3H3/t17-/m0/s1. The Morgan fingerprint density at radius 3 is 2.62 bits per heavy atom. The summed E-state index contributed by atoms with van der Waals surface area (Å²) < 4.78 is 13.7. The monoisotopic (exact) mass is 564 g/mol. The fourth-order valence-corrected chi connectivity index (χ4v) is 4.08. The predicted molar refractivity (Wildman–Crippen MR) is 146 cm³/mol. The van der Waals surface area contributed by atoms with Crippen LogP contribution in [0.15, 0.2) is 75.0 Å². The Bertz CT molecular complexity index is 1530. The maximum absolute atomic E-state index is 13.4. The van der Waals surface area contributed by atoms with Gasteiger partial charge in [-0.2, -0.15) is 9.78 Å². The van der Waals surface area contributed by atoms with Crippen molar-refractivity contribution >= 4 is 38.7 Å². The molecule has 1 aromatic heterocycles. The molecule has 0 aliphatic rings. The van der Waals surface area contributed by atoms with Crippen LogP contribution < -0.4 is 15.0 Å². The average molecular weight is 565 g/mol. The molecule has 190 valence electrons. The van der Waals surface area contributed by atoms with Crippen LogP contribution in [0.3, 0.4) is 0 Å². The smallest absolute Gasteiger partial charge is 0.282 e. The molecule has 0 radical (unpaired) electrons. The summed E-state index contributed by atoms with van der Waals surface area (Å²) in [6, 6.07) is 16.9. The highest BCUT2D eigenvalue weighted by atomic mass is 79.9. The van der Waals surface area contributed by atoms with Gasteiger partial charge in [-0.05, 0) is 54.4 Å². The van der Waals surface area contributed by atoms with Crippen molar-refractivity contribution in [1.82, 2.24) is 9.66 Å². The van der Waals surface area contributed by atoms with E-state index < -0.39 is 4.92 Å². The first-order valence-corrected chi connectivity index (χ1v) is 12.4. The Hall–Kier alpha value is -4.05. The van der Waals surface area contributed by atoms with Crippen LogP contribution in [0.5, 0.6) is 11.5 Å². The van der Waals surface area contributed by atoms with Gasteiger partial charge in [-0.3, -0.25) is 14.9 Å². The van der Waals surface area contributed by atoms with Gasteiger partial charge in [0.25, 0.3) is 11.2 Å². The summed E-state index contributed by atoms with van der Waals surface area (Å²) in [5, 5.41) is 15.9. The van der Waals surface area contributed by atoms with E-state index in [4.69, 9.17) is 14.5 Å². The van der Waals surface area contributed by atoms with Gasteiger partial charge in [-0.25, -0.2) is 4.98 Å². The van der Waals surface area contributed by atoms with Crippen molar-refractivity contribution in [1.29, 1.82) is 0 Å². The third-order valence-corrected chi connectivity index (χ3v) is 6.45. The highest BCUT2D eigenvalue weighted by Gasteiger charge is 2.16. The normalized spacial score (nSPS) is 12.1. The molecule has 0 bridgehead atoms. The number of benzene rings is 3. The number of nitro benzene ring substituents is 1. The number of non-ortho nitro benzene ring substituents is 1. The van der Waals surface area contributed by atoms with Crippen molar-refractivity contribution in [2.75, 3.05) is 7.11 Å². The number of fused-ring (bicyclic) bond motifs is 1. The fourth-order valence-electron chi connectivity index (χ4n) is 3.72. The third kappa shape index (κ3) is 5.69. The first-order valence-electron chi connectivity index (χ1n) is 11.6. The van der Waals surface area contributed by atoms with E-state index in [1.807, 2.05) is 26.0 Å². The van der Waals surface area contributed by atoms with Gasteiger partial charge >= 0.3 is 0 Å². The molecule has 0 saturated heterocycles. The molecule has 0 aliphatic heterocycles. The summed E-state index contributed by atoms with van der Waals surface area (Å²) in [7, 11) is 1.53. The molecule has 4 aromatic rings. The van der Waals surface area contributed by atoms with E-state index in [0.29, 0.717) is 33.8 Å². The zero-order chi connectivity index (χ0) is 26.5. The van der Waals surface area contributed by atoms with Crippen molar-refractivity contribution < 1.29 is 14.4 Å². The molecular weight excluding hydrogens is 540 g/mol. The Labute approximate surface area is 221 Å². The average Bonchev–Trinajstić information content (AvgIpc) is 2.91.